The van der Waals surface area contributed by atoms with Gasteiger partial charge in [0.25, 0.3) is 5.56 Å². The third-order valence-corrected chi connectivity index (χ3v) is 4.41. The SMILES string of the molecule is O=c1ccc(CN2CCN(Cc3cccs3)CC2)n[nH]1. The van der Waals surface area contributed by atoms with Crippen molar-refractivity contribution in [1.82, 2.24) is 20.0 Å². The van der Waals surface area contributed by atoms with Crippen molar-refractivity contribution in [3.63, 3.8) is 0 Å². The fourth-order valence-corrected chi connectivity index (χ4v) is 3.17. The third-order valence-electron chi connectivity index (χ3n) is 3.55. The molecule has 5 nitrogen and oxygen atoms in total. The van der Waals surface area contributed by atoms with Crippen LogP contribution in [0.2, 0.25) is 0 Å². The summed E-state index contributed by atoms with van der Waals surface area (Å²) in [6.07, 6.45) is 0. The van der Waals surface area contributed by atoms with Crippen molar-refractivity contribution in [2.45, 2.75) is 13.1 Å². The highest BCUT2D eigenvalue weighted by Gasteiger charge is 2.17. The van der Waals surface area contributed by atoms with Crippen LogP contribution in [0.5, 0.6) is 0 Å². The van der Waals surface area contributed by atoms with E-state index in [0.29, 0.717) is 0 Å². The van der Waals surface area contributed by atoms with Crippen LogP contribution in [0.4, 0.5) is 0 Å². The molecule has 106 valence electrons. The first-order valence-corrected chi connectivity index (χ1v) is 7.69. The summed E-state index contributed by atoms with van der Waals surface area (Å²) in [6.45, 7) is 6.13. The molecule has 0 unspecified atom stereocenters. The maximum absolute atomic E-state index is 11.0. The first-order chi connectivity index (χ1) is 9.79. The summed E-state index contributed by atoms with van der Waals surface area (Å²) >= 11 is 1.82. The highest BCUT2D eigenvalue weighted by atomic mass is 32.1. The average molecular weight is 290 g/mol. The van der Waals surface area contributed by atoms with Crippen molar-refractivity contribution in [3.05, 3.63) is 50.6 Å². The molecule has 0 amide bonds. The van der Waals surface area contributed by atoms with Gasteiger partial charge in [0.2, 0.25) is 0 Å². The Balaban J connectivity index is 1.48. The second kappa shape index (κ2) is 6.30. The van der Waals surface area contributed by atoms with E-state index in [9.17, 15) is 4.79 Å². The molecule has 1 aliphatic rings. The highest BCUT2D eigenvalue weighted by molar-refractivity contribution is 7.09. The van der Waals surface area contributed by atoms with E-state index in [1.165, 1.54) is 10.9 Å². The molecule has 0 saturated carbocycles. The maximum atomic E-state index is 11.0. The van der Waals surface area contributed by atoms with Crippen molar-refractivity contribution < 1.29 is 0 Å². The quantitative estimate of drug-likeness (QED) is 0.918. The van der Waals surface area contributed by atoms with Gasteiger partial charge in [0.1, 0.15) is 0 Å². The van der Waals surface area contributed by atoms with E-state index in [-0.39, 0.29) is 5.56 Å². The number of nitrogens with zero attached hydrogens (tertiary/aromatic N) is 3. The largest absolute Gasteiger partial charge is 0.296 e. The van der Waals surface area contributed by atoms with Gasteiger partial charge in [-0.15, -0.1) is 11.3 Å². The first kappa shape index (κ1) is 13.5. The minimum atomic E-state index is -0.144. The van der Waals surface area contributed by atoms with Gasteiger partial charge in [-0.25, -0.2) is 5.10 Å². The lowest BCUT2D eigenvalue weighted by atomic mass is 10.2. The fraction of sp³-hybridized carbons (Fsp3) is 0.429. The number of H-pyrrole nitrogens is 1. The van der Waals surface area contributed by atoms with Crippen molar-refractivity contribution in [2.24, 2.45) is 0 Å². The number of nitrogens with one attached hydrogen (secondary N) is 1. The van der Waals surface area contributed by atoms with Gasteiger partial charge in [0.15, 0.2) is 0 Å². The zero-order valence-corrected chi connectivity index (χ0v) is 12.1. The van der Waals surface area contributed by atoms with Gasteiger partial charge < -0.3 is 0 Å². The molecule has 1 fully saturated rings. The molecule has 0 aromatic carbocycles. The number of thiophene rings is 1. The molecule has 0 radical (unpaired) electrons. The Hall–Kier alpha value is -1.50. The summed E-state index contributed by atoms with van der Waals surface area (Å²) < 4.78 is 0. The van der Waals surface area contributed by atoms with E-state index in [1.807, 2.05) is 11.3 Å². The lowest BCUT2D eigenvalue weighted by molar-refractivity contribution is 0.121. The molecular formula is C14H18N4OS. The summed E-state index contributed by atoms with van der Waals surface area (Å²) in [5, 5.41) is 8.68. The van der Waals surface area contributed by atoms with Crippen LogP contribution in [0.25, 0.3) is 0 Å². The smallest absolute Gasteiger partial charge is 0.264 e. The number of rotatable bonds is 4. The number of aromatic nitrogens is 2. The summed E-state index contributed by atoms with van der Waals surface area (Å²) in [6, 6.07) is 7.64. The van der Waals surface area contributed by atoms with E-state index in [1.54, 1.807) is 6.07 Å². The van der Waals surface area contributed by atoms with Crippen LogP contribution < -0.4 is 5.56 Å². The molecule has 2 aromatic heterocycles. The fourth-order valence-electron chi connectivity index (χ4n) is 2.42. The van der Waals surface area contributed by atoms with Gasteiger partial charge in [-0.05, 0) is 17.5 Å². The molecule has 1 saturated heterocycles. The topological polar surface area (TPSA) is 52.2 Å². The van der Waals surface area contributed by atoms with Crippen LogP contribution in [0.15, 0.2) is 34.4 Å². The Labute approximate surface area is 121 Å². The van der Waals surface area contributed by atoms with Gasteiger partial charge in [0.05, 0.1) is 5.69 Å². The zero-order chi connectivity index (χ0) is 13.8. The van der Waals surface area contributed by atoms with Crippen LogP contribution in [-0.4, -0.2) is 46.2 Å². The molecule has 0 atom stereocenters. The van der Waals surface area contributed by atoms with Gasteiger partial charge in [-0.2, -0.15) is 5.10 Å². The Morgan fingerprint density at radius 1 is 1.10 bits per heavy atom. The predicted molar refractivity (Wildman–Crippen MR) is 79.7 cm³/mol. The third kappa shape index (κ3) is 3.53. The van der Waals surface area contributed by atoms with Gasteiger partial charge in [-0.1, -0.05) is 6.07 Å². The molecule has 1 N–H and O–H groups in total. The number of piperazine rings is 1. The molecule has 3 heterocycles. The standard InChI is InChI=1S/C14H18N4OS/c19-14-4-3-12(15-16-14)10-17-5-7-18(8-6-17)11-13-2-1-9-20-13/h1-4,9H,5-8,10-11H2,(H,16,19). The van der Waals surface area contributed by atoms with Gasteiger partial charge in [0, 0.05) is 50.2 Å². The Kier molecular flexibility index (Phi) is 4.25. The van der Waals surface area contributed by atoms with Crippen LogP contribution >= 0.6 is 11.3 Å². The summed E-state index contributed by atoms with van der Waals surface area (Å²) in [5.74, 6) is 0. The van der Waals surface area contributed by atoms with E-state index < -0.39 is 0 Å². The number of hydrogen-bond acceptors (Lipinski definition) is 5. The van der Waals surface area contributed by atoms with E-state index in [0.717, 1.165) is 45.0 Å². The minimum Gasteiger partial charge on any atom is -0.296 e. The van der Waals surface area contributed by atoms with Crippen molar-refractivity contribution >= 4 is 11.3 Å². The van der Waals surface area contributed by atoms with Crippen molar-refractivity contribution in [2.75, 3.05) is 26.2 Å². The van der Waals surface area contributed by atoms with Crippen LogP contribution in [0.3, 0.4) is 0 Å². The highest BCUT2D eigenvalue weighted by Crippen LogP contribution is 2.14. The molecule has 0 bridgehead atoms. The molecule has 2 aromatic rings. The Morgan fingerprint density at radius 3 is 2.45 bits per heavy atom. The molecule has 6 heteroatoms. The second-order valence-electron chi connectivity index (χ2n) is 5.04. The summed E-state index contributed by atoms with van der Waals surface area (Å²) in [7, 11) is 0. The molecule has 0 spiro atoms. The molecule has 1 aliphatic heterocycles. The molecule has 3 rings (SSSR count). The lowest BCUT2D eigenvalue weighted by Gasteiger charge is -2.34. The predicted octanol–water partition coefficient (Wildman–Crippen LogP) is 1.15. The monoisotopic (exact) mass is 290 g/mol. The lowest BCUT2D eigenvalue weighted by Crippen LogP contribution is -2.45. The first-order valence-electron chi connectivity index (χ1n) is 6.81. The Morgan fingerprint density at radius 2 is 1.85 bits per heavy atom. The van der Waals surface area contributed by atoms with Crippen LogP contribution in [0.1, 0.15) is 10.6 Å². The van der Waals surface area contributed by atoms with Crippen molar-refractivity contribution in [3.8, 4) is 0 Å². The number of aromatic amines is 1. The summed E-state index contributed by atoms with van der Waals surface area (Å²) in [4.78, 5) is 17.3. The van der Waals surface area contributed by atoms with Crippen LogP contribution in [0, 0.1) is 0 Å². The molecular weight excluding hydrogens is 272 g/mol. The Bertz CT molecular complexity index is 567. The minimum absolute atomic E-state index is 0.144. The van der Waals surface area contributed by atoms with E-state index >= 15 is 0 Å². The molecule has 0 aliphatic carbocycles. The second-order valence-corrected chi connectivity index (χ2v) is 6.08. The van der Waals surface area contributed by atoms with Gasteiger partial charge >= 0.3 is 0 Å². The van der Waals surface area contributed by atoms with Crippen LogP contribution in [-0.2, 0) is 13.1 Å². The van der Waals surface area contributed by atoms with E-state index in [2.05, 4.69) is 37.5 Å². The van der Waals surface area contributed by atoms with Gasteiger partial charge in [-0.3, -0.25) is 14.6 Å². The summed E-state index contributed by atoms with van der Waals surface area (Å²) in [5.41, 5.74) is 0.783. The van der Waals surface area contributed by atoms with E-state index in [4.69, 9.17) is 0 Å². The zero-order valence-electron chi connectivity index (χ0n) is 11.3. The number of hydrogen-bond donors (Lipinski definition) is 1. The maximum Gasteiger partial charge on any atom is 0.264 e. The normalized spacial score (nSPS) is 17.4. The molecule has 20 heavy (non-hydrogen) atoms. The van der Waals surface area contributed by atoms with Crippen molar-refractivity contribution in [1.29, 1.82) is 0 Å². The average Bonchev–Trinajstić information content (AvgIpc) is 2.96.